The average molecular weight is 453 g/mol. The van der Waals surface area contributed by atoms with E-state index in [1.165, 1.54) is 45.9 Å². The molecule has 0 aliphatic heterocycles. The number of carbonyl (C=O) groups is 2. The molecule has 2 aromatic carbocycles. The first-order chi connectivity index (χ1) is 15.9. The van der Waals surface area contributed by atoms with Crippen LogP contribution < -0.4 is 25.8 Å². The van der Waals surface area contributed by atoms with Gasteiger partial charge in [0.25, 0.3) is 0 Å². The number of aromatic nitrogens is 2. The molecule has 4 N–H and O–H groups in total. The Balaban J connectivity index is 1.96. The normalized spacial score (nSPS) is 10.2. The summed E-state index contributed by atoms with van der Waals surface area (Å²) >= 11 is 0. The number of nitrogens with one attached hydrogen (secondary N) is 2. The van der Waals surface area contributed by atoms with Gasteiger partial charge >= 0.3 is 11.9 Å². The van der Waals surface area contributed by atoms with Crippen molar-refractivity contribution in [3.8, 4) is 11.5 Å². The van der Waals surface area contributed by atoms with Crippen LogP contribution in [0.5, 0.6) is 11.5 Å². The Labute approximate surface area is 189 Å². The molecule has 3 rings (SSSR count). The van der Waals surface area contributed by atoms with E-state index in [0.717, 1.165) is 0 Å². The molecule has 0 aliphatic carbocycles. The maximum atomic E-state index is 12.0. The summed E-state index contributed by atoms with van der Waals surface area (Å²) in [5.41, 5.74) is 7.71. The van der Waals surface area contributed by atoms with Gasteiger partial charge < -0.3 is 35.3 Å². The Bertz CT molecular complexity index is 1150. The van der Waals surface area contributed by atoms with Crippen molar-refractivity contribution < 1.29 is 28.5 Å². The Morgan fingerprint density at radius 1 is 0.818 bits per heavy atom. The molecule has 0 saturated carbocycles. The fourth-order valence-corrected chi connectivity index (χ4v) is 2.94. The molecule has 0 atom stereocenters. The van der Waals surface area contributed by atoms with Gasteiger partial charge in [0.2, 0.25) is 0 Å². The van der Waals surface area contributed by atoms with E-state index in [9.17, 15) is 9.59 Å². The minimum atomic E-state index is -0.619. The van der Waals surface area contributed by atoms with Gasteiger partial charge in [0, 0.05) is 11.8 Å². The maximum Gasteiger partial charge on any atom is 0.337 e. The number of nitrogens with two attached hydrogens (primary N) is 1. The summed E-state index contributed by atoms with van der Waals surface area (Å²) in [7, 11) is 5.58. The van der Waals surface area contributed by atoms with Crippen molar-refractivity contribution >= 4 is 40.6 Å². The zero-order valence-corrected chi connectivity index (χ0v) is 18.5. The first-order valence-corrected chi connectivity index (χ1v) is 9.58. The van der Waals surface area contributed by atoms with Gasteiger partial charge in [0.15, 0.2) is 11.6 Å². The van der Waals surface area contributed by atoms with E-state index < -0.39 is 11.9 Å². The number of ether oxygens (including phenoxy) is 4. The predicted octanol–water partition coefficient (Wildman–Crippen LogP) is 3.14. The third-order valence-electron chi connectivity index (χ3n) is 4.58. The summed E-state index contributed by atoms with van der Waals surface area (Å²) in [6, 6.07) is 9.60. The van der Waals surface area contributed by atoms with Gasteiger partial charge in [-0.05, 0) is 30.3 Å². The smallest absolute Gasteiger partial charge is 0.337 e. The Morgan fingerprint density at radius 3 is 1.97 bits per heavy atom. The largest absolute Gasteiger partial charge is 0.497 e. The van der Waals surface area contributed by atoms with E-state index in [-0.39, 0.29) is 22.6 Å². The quantitative estimate of drug-likeness (QED) is 0.432. The third-order valence-corrected chi connectivity index (χ3v) is 4.58. The molecule has 1 heterocycles. The van der Waals surface area contributed by atoms with Crippen LogP contribution in [0.15, 0.2) is 42.7 Å². The van der Waals surface area contributed by atoms with Crippen molar-refractivity contribution in [3.63, 3.8) is 0 Å². The van der Waals surface area contributed by atoms with Crippen molar-refractivity contribution in [1.82, 2.24) is 9.97 Å². The Morgan fingerprint density at radius 2 is 1.42 bits per heavy atom. The van der Waals surface area contributed by atoms with Crippen molar-refractivity contribution in [2.24, 2.45) is 0 Å². The van der Waals surface area contributed by atoms with E-state index in [1.807, 2.05) is 0 Å². The van der Waals surface area contributed by atoms with Crippen LogP contribution in [0.1, 0.15) is 20.7 Å². The lowest BCUT2D eigenvalue weighted by atomic mass is 10.1. The van der Waals surface area contributed by atoms with E-state index in [4.69, 9.17) is 24.7 Å². The third kappa shape index (κ3) is 5.21. The molecule has 3 aromatic rings. The number of esters is 2. The van der Waals surface area contributed by atoms with Crippen LogP contribution in [0.3, 0.4) is 0 Å². The molecule has 172 valence electrons. The molecule has 0 bridgehead atoms. The molecule has 0 radical (unpaired) electrons. The van der Waals surface area contributed by atoms with Gasteiger partial charge in [0.05, 0.1) is 45.3 Å². The van der Waals surface area contributed by atoms with Crippen LogP contribution in [0, 0.1) is 0 Å². The number of hydrogen-bond acceptors (Lipinski definition) is 11. The molecule has 11 heteroatoms. The number of rotatable bonds is 8. The predicted molar refractivity (Wildman–Crippen MR) is 122 cm³/mol. The van der Waals surface area contributed by atoms with Gasteiger partial charge in [-0.25, -0.2) is 19.6 Å². The molecular weight excluding hydrogens is 430 g/mol. The van der Waals surface area contributed by atoms with Crippen LogP contribution in [0.4, 0.5) is 28.7 Å². The minimum absolute atomic E-state index is 0.148. The zero-order valence-electron chi connectivity index (χ0n) is 18.5. The SMILES string of the molecule is COC(=O)c1cc(Nc2ncnc(Nc3cc(OC)ccc3OC)c2N)cc(C(=O)OC)c1. The minimum Gasteiger partial charge on any atom is -0.497 e. The monoisotopic (exact) mass is 453 g/mol. The second kappa shape index (κ2) is 10.2. The standard InChI is InChI=1S/C22H23N5O6/c1-30-15-5-6-17(31-2)16(10-15)27-20-18(23)19(24-11-25-20)26-14-8-12(21(28)32-3)7-13(9-14)22(29)33-4/h5-11H,23H2,1-4H3,(H2,24,25,26,27). The topological polar surface area (TPSA) is 147 Å². The van der Waals surface area contributed by atoms with Crippen molar-refractivity contribution in [2.45, 2.75) is 0 Å². The Hall–Kier alpha value is -4.54. The summed E-state index contributed by atoms with van der Waals surface area (Å²) in [6.45, 7) is 0. The second-order valence-electron chi connectivity index (χ2n) is 6.58. The highest BCUT2D eigenvalue weighted by atomic mass is 16.5. The summed E-state index contributed by atoms with van der Waals surface area (Å²) in [5, 5.41) is 6.10. The van der Waals surface area contributed by atoms with Crippen molar-refractivity contribution in [2.75, 3.05) is 44.8 Å². The van der Waals surface area contributed by atoms with E-state index in [2.05, 4.69) is 20.6 Å². The number of hydrogen-bond donors (Lipinski definition) is 3. The number of anilines is 5. The first-order valence-electron chi connectivity index (χ1n) is 9.58. The first kappa shape index (κ1) is 23.1. The van der Waals surface area contributed by atoms with Crippen LogP contribution in [0.25, 0.3) is 0 Å². The number of nitrogen functional groups attached to an aromatic ring is 1. The van der Waals surface area contributed by atoms with Crippen LogP contribution in [-0.4, -0.2) is 50.3 Å². The van der Waals surface area contributed by atoms with Crippen LogP contribution in [-0.2, 0) is 9.47 Å². The molecule has 0 amide bonds. The van der Waals surface area contributed by atoms with E-state index in [1.54, 1.807) is 25.3 Å². The van der Waals surface area contributed by atoms with Gasteiger partial charge in [-0.1, -0.05) is 0 Å². The van der Waals surface area contributed by atoms with Crippen molar-refractivity contribution in [3.05, 3.63) is 53.9 Å². The summed E-state index contributed by atoms with van der Waals surface area (Å²) in [6.07, 6.45) is 1.30. The Kier molecular flexibility index (Phi) is 7.13. The second-order valence-corrected chi connectivity index (χ2v) is 6.58. The maximum absolute atomic E-state index is 12.0. The molecule has 0 aliphatic rings. The lowest BCUT2D eigenvalue weighted by Crippen LogP contribution is -2.09. The van der Waals surface area contributed by atoms with Gasteiger partial charge in [-0.15, -0.1) is 0 Å². The van der Waals surface area contributed by atoms with Crippen LogP contribution in [0.2, 0.25) is 0 Å². The molecule has 1 aromatic heterocycles. The zero-order chi connectivity index (χ0) is 24.0. The summed E-state index contributed by atoms with van der Waals surface area (Å²) in [4.78, 5) is 32.4. The van der Waals surface area contributed by atoms with Gasteiger partial charge in [-0.2, -0.15) is 0 Å². The number of carbonyl (C=O) groups excluding carboxylic acids is 2. The molecule has 33 heavy (non-hydrogen) atoms. The van der Waals surface area contributed by atoms with Crippen LogP contribution >= 0.6 is 0 Å². The lowest BCUT2D eigenvalue weighted by Gasteiger charge is -2.15. The molecule has 0 spiro atoms. The molecule has 0 fully saturated rings. The van der Waals surface area contributed by atoms with E-state index >= 15 is 0 Å². The molecule has 0 unspecified atom stereocenters. The molecule has 11 nitrogen and oxygen atoms in total. The molecular formula is C22H23N5O6. The average Bonchev–Trinajstić information content (AvgIpc) is 2.85. The van der Waals surface area contributed by atoms with Gasteiger partial charge in [-0.3, -0.25) is 0 Å². The summed E-state index contributed by atoms with van der Waals surface area (Å²) in [5.74, 6) is 0.471. The van der Waals surface area contributed by atoms with Crippen molar-refractivity contribution in [1.29, 1.82) is 0 Å². The fourth-order valence-electron chi connectivity index (χ4n) is 2.94. The highest BCUT2D eigenvalue weighted by Crippen LogP contribution is 2.34. The highest BCUT2D eigenvalue weighted by molar-refractivity contribution is 5.97. The number of methoxy groups -OCH3 is 4. The number of benzene rings is 2. The summed E-state index contributed by atoms with van der Waals surface area (Å²) < 4.78 is 20.1. The van der Waals surface area contributed by atoms with Gasteiger partial charge in [0.1, 0.15) is 23.5 Å². The lowest BCUT2D eigenvalue weighted by molar-refractivity contribution is 0.0599. The number of nitrogens with zero attached hydrogens (tertiary/aromatic N) is 2. The fraction of sp³-hybridized carbons (Fsp3) is 0.182. The van der Waals surface area contributed by atoms with E-state index in [0.29, 0.717) is 28.7 Å². The highest BCUT2D eigenvalue weighted by Gasteiger charge is 2.16. The molecule has 0 saturated heterocycles.